The summed E-state index contributed by atoms with van der Waals surface area (Å²) >= 11 is 2.03. The molecule has 0 spiro atoms. The van der Waals surface area contributed by atoms with Gasteiger partial charge in [-0.3, -0.25) is 0 Å². The summed E-state index contributed by atoms with van der Waals surface area (Å²) < 4.78 is 5.87. The summed E-state index contributed by atoms with van der Waals surface area (Å²) in [5, 5.41) is 0. The number of thioether (sulfide) groups is 1. The lowest BCUT2D eigenvalue weighted by molar-refractivity contribution is -0.0792. The van der Waals surface area contributed by atoms with Crippen molar-refractivity contribution in [1.29, 1.82) is 0 Å². The molecule has 2 aliphatic rings. The van der Waals surface area contributed by atoms with Crippen LogP contribution in [-0.2, 0) is 4.74 Å². The Morgan fingerprint density at radius 2 is 2.33 bits per heavy atom. The molecule has 70 valence electrons. The monoisotopic (exact) mass is 187 g/mol. The Morgan fingerprint density at radius 3 is 3.17 bits per heavy atom. The van der Waals surface area contributed by atoms with E-state index in [0.717, 1.165) is 6.42 Å². The van der Waals surface area contributed by atoms with Gasteiger partial charge < -0.3 is 10.5 Å². The Bertz CT molecular complexity index is 165. The highest BCUT2D eigenvalue weighted by Gasteiger charge is 2.36. The first-order valence-corrected chi connectivity index (χ1v) is 5.91. The number of hydrogen-bond donors (Lipinski definition) is 1. The second-order valence-corrected chi connectivity index (χ2v) is 5.06. The van der Waals surface area contributed by atoms with Crippen LogP contribution in [0.1, 0.15) is 19.8 Å². The maximum atomic E-state index is 6.09. The van der Waals surface area contributed by atoms with Crippen LogP contribution in [0.3, 0.4) is 0 Å². The number of rotatable bonds is 0. The van der Waals surface area contributed by atoms with Gasteiger partial charge >= 0.3 is 0 Å². The van der Waals surface area contributed by atoms with Crippen LogP contribution < -0.4 is 5.73 Å². The van der Waals surface area contributed by atoms with Gasteiger partial charge in [-0.05, 0) is 25.5 Å². The molecule has 2 N–H and O–H groups in total. The zero-order chi connectivity index (χ0) is 8.55. The van der Waals surface area contributed by atoms with Crippen LogP contribution in [0.4, 0.5) is 0 Å². The highest BCUT2D eigenvalue weighted by molar-refractivity contribution is 7.99. The maximum Gasteiger partial charge on any atom is 0.0637 e. The molecule has 2 rings (SSSR count). The molecule has 0 bridgehead atoms. The topological polar surface area (TPSA) is 35.2 Å². The molecule has 2 heterocycles. The fraction of sp³-hybridized carbons (Fsp3) is 1.00. The first-order valence-electron chi connectivity index (χ1n) is 4.76. The third-order valence-corrected chi connectivity index (χ3v) is 4.04. The van der Waals surface area contributed by atoms with E-state index < -0.39 is 0 Å². The van der Waals surface area contributed by atoms with Crippen molar-refractivity contribution in [2.45, 2.75) is 38.0 Å². The van der Waals surface area contributed by atoms with Gasteiger partial charge in [0.1, 0.15) is 0 Å². The van der Waals surface area contributed by atoms with Gasteiger partial charge in [0.15, 0.2) is 0 Å². The Kier molecular flexibility index (Phi) is 2.63. The van der Waals surface area contributed by atoms with Crippen LogP contribution in [0.25, 0.3) is 0 Å². The average molecular weight is 187 g/mol. The van der Waals surface area contributed by atoms with E-state index in [1.807, 2.05) is 11.8 Å². The van der Waals surface area contributed by atoms with Gasteiger partial charge in [-0.15, -0.1) is 0 Å². The van der Waals surface area contributed by atoms with Crippen LogP contribution in [0.5, 0.6) is 0 Å². The minimum atomic E-state index is 0.379. The molecule has 0 aromatic rings. The summed E-state index contributed by atoms with van der Waals surface area (Å²) in [5.41, 5.74) is 6.09. The molecule has 2 fully saturated rings. The van der Waals surface area contributed by atoms with Crippen molar-refractivity contribution in [3.63, 3.8) is 0 Å². The third-order valence-electron chi connectivity index (χ3n) is 2.90. The largest absolute Gasteiger partial charge is 0.375 e. The lowest BCUT2D eigenvalue weighted by Gasteiger charge is -2.42. The van der Waals surface area contributed by atoms with Crippen molar-refractivity contribution in [3.05, 3.63) is 0 Å². The van der Waals surface area contributed by atoms with Crippen molar-refractivity contribution in [2.24, 2.45) is 11.7 Å². The van der Waals surface area contributed by atoms with Crippen molar-refractivity contribution in [3.8, 4) is 0 Å². The summed E-state index contributed by atoms with van der Waals surface area (Å²) in [5.74, 6) is 3.08. The molecule has 0 saturated carbocycles. The van der Waals surface area contributed by atoms with E-state index in [1.54, 1.807) is 0 Å². The van der Waals surface area contributed by atoms with E-state index in [9.17, 15) is 0 Å². The van der Waals surface area contributed by atoms with Crippen LogP contribution in [0, 0.1) is 5.92 Å². The van der Waals surface area contributed by atoms with Crippen molar-refractivity contribution < 1.29 is 4.74 Å². The smallest absolute Gasteiger partial charge is 0.0637 e. The maximum absolute atomic E-state index is 6.09. The van der Waals surface area contributed by atoms with Gasteiger partial charge in [-0.1, -0.05) is 0 Å². The predicted molar refractivity (Wildman–Crippen MR) is 52.4 cm³/mol. The van der Waals surface area contributed by atoms with Crippen molar-refractivity contribution in [2.75, 3.05) is 11.5 Å². The van der Waals surface area contributed by atoms with Gasteiger partial charge in [0, 0.05) is 17.7 Å². The van der Waals surface area contributed by atoms with E-state index in [1.165, 1.54) is 17.9 Å². The molecule has 0 aliphatic carbocycles. The minimum Gasteiger partial charge on any atom is -0.375 e. The molecule has 2 aliphatic heterocycles. The van der Waals surface area contributed by atoms with E-state index in [4.69, 9.17) is 10.5 Å². The third kappa shape index (κ3) is 1.63. The second kappa shape index (κ2) is 3.56. The fourth-order valence-electron chi connectivity index (χ4n) is 2.22. The van der Waals surface area contributed by atoms with Gasteiger partial charge in [0.2, 0.25) is 0 Å². The zero-order valence-electron chi connectivity index (χ0n) is 7.53. The van der Waals surface area contributed by atoms with Crippen LogP contribution in [-0.4, -0.2) is 29.8 Å². The van der Waals surface area contributed by atoms with Crippen LogP contribution in [0.2, 0.25) is 0 Å². The van der Waals surface area contributed by atoms with Crippen LogP contribution >= 0.6 is 11.8 Å². The van der Waals surface area contributed by atoms with E-state index in [-0.39, 0.29) is 0 Å². The predicted octanol–water partition coefficient (Wildman–Crippen LogP) is 1.24. The highest BCUT2D eigenvalue weighted by atomic mass is 32.2. The van der Waals surface area contributed by atoms with Gasteiger partial charge in [-0.25, -0.2) is 0 Å². The SMILES string of the molecule is CC1CC(N)C2CSCCC2O1. The van der Waals surface area contributed by atoms with Crippen LogP contribution in [0.15, 0.2) is 0 Å². The Balaban J connectivity index is 2.01. The number of hydrogen-bond acceptors (Lipinski definition) is 3. The lowest BCUT2D eigenvalue weighted by atomic mass is 9.87. The highest BCUT2D eigenvalue weighted by Crippen LogP contribution is 2.33. The molecular formula is C9H17NOS. The Morgan fingerprint density at radius 1 is 1.50 bits per heavy atom. The summed E-state index contributed by atoms with van der Waals surface area (Å²) in [7, 11) is 0. The molecule has 3 heteroatoms. The average Bonchev–Trinajstić information content (AvgIpc) is 2.04. The first kappa shape index (κ1) is 8.85. The Labute approximate surface area is 78.2 Å². The summed E-state index contributed by atoms with van der Waals surface area (Å²) in [4.78, 5) is 0. The number of ether oxygens (including phenoxy) is 1. The lowest BCUT2D eigenvalue weighted by Crippen LogP contribution is -2.50. The summed E-state index contributed by atoms with van der Waals surface area (Å²) in [6, 6.07) is 0.381. The fourth-order valence-corrected chi connectivity index (χ4v) is 3.52. The molecule has 0 amide bonds. The molecular weight excluding hydrogens is 170 g/mol. The molecule has 0 aromatic carbocycles. The second-order valence-electron chi connectivity index (χ2n) is 3.91. The number of nitrogens with two attached hydrogens (primary N) is 1. The van der Waals surface area contributed by atoms with E-state index >= 15 is 0 Å². The van der Waals surface area contributed by atoms with Crippen molar-refractivity contribution in [1.82, 2.24) is 0 Å². The normalized spacial score (nSPS) is 48.5. The van der Waals surface area contributed by atoms with E-state index in [0.29, 0.717) is 24.2 Å². The number of fused-ring (bicyclic) bond motifs is 1. The summed E-state index contributed by atoms with van der Waals surface area (Å²) in [6.07, 6.45) is 3.09. The quantitative estimate of drug-likeness (QED) is 0.620. The minimum absolute atomic E-state index is 0.379. The molecule has 0 aromatic heterocycles. The Hall–Kier alpha value is 0.270. The summed E-state index contributed by atoms with van der Waals surface area (Å²) in [6.45, 7) is 2.14. The zero-order valence-corrected chi connectivity index (χ0v) is 8.35. The molecule has 0 radical (unpaired) electrons. The van der Waals surface area contributed by atoms with E-state index in [2.05, 4.69) is 6.92 Å². The molecule has 4 atom stereocenters. The standard InChI is InChI=1S/C9H17NOS/c1-6-4-8(10)7-5-12-3-2-9(7)11-6/h6-9H,2-5,10H2,1H3. The molecule has 2 saturated heterocycles. The van der Waals surface area contributed by atoms with Crippen molar-refractivity contribution >= 4 is 11.8 Å². The molecule has 4 unspecified atom stereocenters. The first-order chi connectivity index (χ1) is 5.77. The molecule has 12 heavy (non-hydrogen) atoms. The van der Waals surface area contributed by atoms with Gasteiger partial charge in [-0.2, -0.15) is 11.8 Å². The van der Waals surface area contributed by atoms with Gasteiger partial charge in [0.25, 0.3) is 0 Å². The molecule has 2 nitrogen and oxygen atoms in total. The van der Waals surface area contributed by atoms with Gasteiger partial charge in [0.05, 0.1) is 12.2 Å².